The molecule has 0 saturated carbocycles. The molecule has 0 radical (unpaired) electrons. The third kappa shape index (κ3) is 3.06. The average Bonchev–Trinajstić information content (AvgIpc) is 2.31. The summed E-state index contributed by atoms with van der Waals surface area (Å²) < 4.78 is 0. The predicted molar refractivity (Wildman–Crippen MR) is 66.4 cm³/mol. The monoisotopic (exact) mass is 219 g/mol. The summed E-state index contributed by atoms with van der Waals surface area (Å²) in [6.07, 6.45) is 3.57. The standard InChI is InChI=1S/C14H21NO/c1-12-5-7-13(8-6-12)14(16)11-15-9-3-2-4-10-15/h5-8,14,16H,2-4,9-11H2,1H3. The van der Waals surface area contributed by atoms with Crippen molar-refractivity contribution in [2.75, 3.05) is 19.6 Å². The maximum atomic E-state index is 10.1. The lowest BCUT2D eigenvalue weighted by molar-refractivity contribution is 0.101. The van der Waals surface area contributed by atoms with Crippen molar-refractivity contribution in [2.45, 2.75) is 32.3 Å². The Morgan fingerprint density at radius 3 is 2.38 bits per heavy atom. The molecule has 16 heavy (non-hydrogen) atoms. The van der Waals surface area contributed by atoms with Crippen molar-refractivity contribution in [1.82, 2.24) is 4.90 Å². The lowest BCUT2D eigenvalue weighted by atomic mass is 10.1. The molecule has 2 heteroatoms. The molecular formula is C14H21NO. The van der Waals surface area contributed by atoms with Crippen LogP contribution in [0.25, 0.3) is 0 Å². The largest absolute Gasteiger partial charge is 0.387 e. The van der Waals surface area contributed by atoms with Crippen LogP contribution in [0.5, 0.6) is 0 Å². The minimum atomic E-state index is -0.335. The molecule has 1 atom stereocenters. The molecule has 1 saturated heterocycles. The summed E-state index contributed by atoms with van der Waals surface area (Å²) in [5.41, 5.74) is 2.28. The Hall–Kier alpha value is -0.860. The van der Waals surface area contributed by atoms with E-state index < -0.39 is 0 Å². The van der Waals surface area contributed by atoms with Crippen LogP contribution in [-0.4, -0.2) is 29.6 Å². The van der Waals surface area contributed by atoms with Crippen LogP contribution in [-0.2, 0) is 0 Å². The van der Waals surface area contributed by atoms with Gasteiger partial charge in [0.25, 0.3) is 0 Å². The molecule has 1 aromatic rings. The van der Waals surface area contributed by atoms with Crippen LogP contribution in [0.4, 0.5) is 0 Å². The molecule has 88 valence electrons. The second kappa shape index (κ2) is 5.46. The molecule has 2 nitrogen and oxygen atoms in total. The zero-order valence-corrected chi connectivity index (χ0v) is 10.0. The van der Waals surface area contributed by atoms with Gasteiger partial charge in [0.05, 0.1) is 6.10 Å². The fourth-order valence-electron chi connectivity index (χ4n) is 2.28. The number of likely N-dealkylation sites (tertiary alicyclic amines) is 1. The second-order valence-corrected chi connectivity index (χ2v) is 4.79. The van der Waals surface area contributed by atoms with Gasteiger partial charge in [-0.3, -0.25) is 0 Å². The molecule has 0 amide bonds. The Labute approximate surface area is 97.9 Å². The summed E-state index contributed by atoms with van der Waals surface area (Å²) >= 11 is 0. The highest BCUT2D eigenvalue weighted by atomic mass is 16.3. The van der Waals surface area contributed by atoms with Crippen molar-refractivity contribution >= 4 is 0 Å². The number of hydrogen-bond acceptors (Lipinski definition) is 2. The lowest BCUT2D eigenvalue weighted by Crippen LogP contribution is -2.33. The van der Waals surface area contributed by atoms with Gasteiger partial charge in [-0.15, -0.1) is 0 Å². The third-order valence-corrected chi connectivity index (χ3v) is 3.34. The van der Waals surface area contributed by atoms with Crippen LogP contribution in [0.3, 0.4) is 0 Å². The maximum absolute atomic E-state index is 10.1. The molecule has 0 bridgehead atoms. The van der Waals surface area contributed by atoms with Crippen LogP contribution in [0.15, 0.2) is 24.3 Å². The van der Waals surface area contributed by atoms with E-state index in [1.54, 1.807) is 0 Å². The lowest BCUT2D eigenvalue weighted by Gasteiger charge is -2.28. The summed E-state index contributed by atoms with van der Waals surface area (Å²) in [6.45, 7) is 5.13. The van der Waals surface area contributed by atoms with Gasteiger partial charge in [-0.25, -0.2) is 0 Å². The van der Waals surface area contributed by atoms with Gasteiger partial charge >= 0.3 is 0 Å². The van der Waals surface area contributed by atoms with Gasteiger partial charge in [0.15, 0.2) is 0 Å². The highest BCUT2D eigenvalue weighted by Gasteiger charge is 2.15. The summed E-state index contributed by atoms with van der Waals surface area (Å²) in [5, 5.41) is 10.1. The summed E-state index contributed by atoms with van der Waals surface area (Å²) in [5.74, 6) is 0. The van der Waals surface area contributed by atoms with Crippen LogP contribution < -0.4 is 0 Å². The summed E-state index contributed by atoms with van der Waals surface area (Å²) in [4.78, 5) is 2.37. The molecule has 1 aliphatic rings. The van der Waals surface area contributed by atoms with Gasteiger partial charge in [0.2, 0.25) is 0 Å². The molecule has 1 aromatic carbocycles. The first-order valence-corrected chi connectivity index (χ1v) is 6.23. The SMILES string of the molecule is Cc1ccc(C(O)CN2CCCCC2)cc1. The van der Waals surface area contributed by atoms with Crippen LogP contribution >= 0.6 is 0 Å². The van der Waals surface area contributed by atoms with Crippen molar-refractivity contribution in [2.24, 2.45) is 0 Å². The highest BCUT2D eigenvalue weighted by Crippen LogP contribution is 2.17. The number of hydrogen-bond donors (Lipinski definition) is 1. The molecule has 0 aliphatic carbocycles. The first kappa shape index (κ1) is 11.6. The van der Waals surface area contributed by atoms with E-state index in [1.165, 1.54) is 24.8 Å². The number of aliphatic hydroxyl groups is 1. The molecule has 0 spiro atoms. The van der Waals surface area contributed by atoms with E-state index in [2.05, 4.69) is 24.0 Å². The fraction of sp³-hybridized carbons (Fsp3) is 0.571. The van der Waals surface area contributed by atoms with E-state index in [0.717, 1.165) is 25.2 Å². The minimum absolute atomic E-state index is 0.335. The number of piperidine rings is 1. The topological polar surface area (TPSA) is 23.5 Å². The third-order valence-electron chi connectivity index (χ3n) is 3.34. The smallest absolute Gasteiger partial charge is 0.0916 e. The Bertz CT molecular complexity index is 314. The normalized spacial score (nSPS) is 19.6. The van der Waals surface area contributed by atoms with E-state index in [-0.39, 0.29) is 6.10 Å². The Morgan fingerprint density at radius 2 is 1.75 bits per heavy atom. The zero-order chi connectivity index (χ0) is 11.4. The van der Waals surface area contributed by atoms with Crippen molar-refractivity contribution < 1.29 is 5.11 Å². The van der Waals surface area contributed by atoms with E-state index in [4.69, 9.17) is 0 Å². The van der Waals surface area contributed by atoms with Gasteiger partial charge in [-0.05, 0) is 38.4 Å². The molecule has 1 heterocycles. The number of rotatable bonds is 3. The van der Waals surface area contributed by atoms with Gasteiger partial charge in [-0.1, -0.05) is 36.2 Å². The molecule has 2 rings (SSSR count). The van der Waals surface area contributed by atoms with Crippen LogP contribution in [0, 0.1) is 6.92 Å². The second-order valence-electron chi connectivity index (χ2n) is 4.79. The van der Waals surface area contributed by atoms with E-state index >= 15 is 0 Å². The molecular weight excluding hydrogens is 198 g/mol. The average molecular weight is 219 g/mol. The minimum Gasteiger partial charge on any atom is -0.387 e. The van der Waals surface area contributed by atoms with Crippen molar-refractivity contribution in [3.63, 3.8) is 0 Å². The van der Waals surface area contributed by atoms with E-state index in [0.29, 0.717) is 0 Å². The summed E-state index contributed by atoms with van der Waals surface area (Å²) in [6, 6.07) is 8.19. The van der Waals surface area contributed by atoms with Gasteiger partial charge in [-0.2, -0.15) is 0 Å². The Kier molecular flexibility index (Phi) is 3.97. The number of aliphatic hydroxyl groups excluding tert-OH is 1. The predicted octanol–water partition coefficient (Wildman–Crippen LogP) is 2.51. The fourth-order valence-corrected chi connectivity index (χ4v) is 2.28. The number of benzene rings is 1. The van der Waals surface area contributed by atoms with E-state index in [1.807, 2.05) is 12.1 Å². The Morgan fingerprint density at radius 1 is 1.12 bits per heavy atom. The van der Waals surface area contributed by atoms with Crippen molar-refractivity contribution in [3.05, 3.63) is 35.4 Å². The maximum Gasteiger partial charge on any atom is 0.0916 e. The first-order valence-electron chi connectivity index (χ1n) is 6.23. The number of β-amino-alcohol motifs (C(OH)–C–C–N with tert-alkyl or cyclic N) is 1. The van der Waals surface area contributed by atoms with Crippen LogP contribution in [0.2, 0.25) is 0 Å². The number of aryl methyl sites for hydroxylation is 1. The van der Waals surface area contributed by atoms with Gasteiger partial charge in [0, 0.05) is 6.54 Å². The van der Waals surface area contributed by atoms with Crippen LogP contribution in [0.1, 0.15) is 36.5 Å². The van der Waals surface area contributed by atoms with Gasteiger partial charge in [0.1, 0.15) is 0 Å². The molecule has 1 aliphatic heterocycles. The first-order chi connectivity index (χ1) is 7.75. The highest BCUT2D eigenvalue weighted by molar-refractivity contribution is 5.23. The number of nitrogens with zero attached hydrogens (tertiary/aromatic N) is 1. The van der Waals surface area contributed by atoms with Gasteiger partial charge < -0.3 is 10.0 Å². The van der Waals surface area contributed by atoms with Crippen molar-refractivity contribution in [3.8, 4) is 0 Å². The molecule has 0 aromatic heterocycles. The molecule has 1 unspecified atom stereocenters. The Balaban J connectivity index is 1.91. The summed E-state index contributed by atoms with van der Waals surface area (Å²) in [7, 11) is 0. The van der Waals surface area contributed by atoms with E-state index in [9.17, 15) is 5.11 Å². The zero-order valence-electron chi connectivity index (χ0n) is 10.0. The van der Waals surface area contributed by atoms with Crippen molar-refractivity contribution in [1.29, 1.82) is 0 Å². The molecule has 1 fully saturated rings. The quantitative estimate of drug-likeness (QED) is 0.844. The molecule has 1 N–H and O–H groups in total.